The molecular formula is C35H41N3O3. The summed E-state index contributed by atoms with van der Waals surface area (Å²) in [7, 11) is 1.88. The molecule has 3 aromatic rings. The summed E-state index contributed by atoms with van der Waals surface area (Å²) in [5.74, 6) is 1.01. The lowest BCUT2D eigenvalue weighted by atomic mass is 9.82. The van der Waals surface area contributed by atoms with Crippen molar-refractivity contribution < 1.29 is 14.3 Å². The zero-order chi connectivity index (χ0) is 28.8. The van der Waals surface area contributed by atoms with Crippen LogP contribution in [-0.4, -0.2) is 67.0 Å². The van der Waals surface area contributed by atoms with Gasteiger partial charge in [-0.05, 0) is 72.6 Å². The van der Waals surface area contributed by atoms with Gasteiger partial charge < -0.3 is 19.9 Å². The SMILES string of the molecule is CC(=O)N1CC2CC(c3ccc(CCCOc4cccc(C)c4)cc3)=C(C(=O)N(C)CCc3ccccc3)C(C1)N2. The fraction of sp³-hybridized carbons (Fsp3) is 0.371. The maximum Gasteiger partial charge on any atom is 0.251 e. The number of nitrogens with one attached hydrogen (secondary N) is 1. The first-order valence-corrected chi connectivity index (χ1v) is 14.7. The van der Waals surface area contributed by atoms with Crippen LogP contribution in [0.25, 0.3) is 5.57 Å². The highest BCUT2D eigenvalue weighted by Gasteiger charge is 2.39. The summed E-state index contributed by atoms with van der Waals surface area (Å²) >= 11 is 0. The van der Waals surface area contributed by atoms with E-state index < -0.39 is 0 Å². The summed E-state index contributed by atoms with van der Waals surface area (Å²) < 4.78 is 5.92. The molecular weight excluding hydrogens is 510 g/mol. The molecule has 2 heterocycles. The van der Waals surface area contributed by atoms with Crippen LogP contribution in [0.4, 0.5) is 0 Å². The number of piperazine rings is 1. The Morgan fingerprint density at radius 1 is 0.951 bits per heavy atom. The Morgan fingerprint density at radius 2 is 1.71 bits per heavy atom. The van der Waals surface area contributed by atoms with Crippen LogP contribution in [-0.2, 0) is 22.4 Å². The smallest absolute Gasteiger partial charge is 0.251 e. The summed E-state index contributed by atoms with van der Waals surface area (Å²) in [4.78, 5) is 29.9. The zero-order valence-electron chi connectivity index (χ0n) is 24.4. The Morgan fingerprint density at radius 3 is 2.44 bits per heavy atom. The molecule has 0 radical (unpaired) electrons. The van der Waals surface area contributed by atoms with E-state index in [4.69, 9.17) is 4.74 Å². The number of likely N-dealkylation sites (N-methyl/N-ethyl adjacent to an activating group) is 1. The van der Waals surface area contributed by atoms with Gasteiger partial charge in [-0.2, -0.15) is 0 Å². The topological polar surface area (TPSA) is 61.9 Å². The fourth-order valence-electron chi connectivity index (χ4n) is 5.92. The predicted molar refractivity (Wildman–Crippen MR) is 164 cm³/mol. The molecule has 5 rings (SSSR count). The molecule has 6 nitrogen and oxygen atoms in total. The van der Waals surface area contributed by atoms with Gasteiger partial charge in [0.25, 0.3) is 5.91 Å². The number of ether oxygens (including phenoxy) is 1. The standard InChI is InChI=1S/C35H41N3O3/c1-25-9-7-13-31(21-25)41-20-8-12-28-14-16-29(17-15-28)32-22-30-23-38(26(2)39)24-33(36-30)34(32)35(40)37(3)19-18-27-10-5-4-6-11-27/h4-7,9-11,13-17,21,30,33,36H,8,12,18-20,22-24H2,1-3H3. The molecule has 2 amide bonds. The first-order chi connectivity index (χ1) is 19.9. The van der Waals surface area contributed by atoms with Crippen LogP contribution < -0.4 is 10.1 Å². The highest BCUT2D eigenvalue weighted by atomic mass is 16.5. The molecule has 1 N–H and O–H groups in total. The van der Waals surface area contributed by atoms with Crippen molar-refractivity contribution in [3.63, 3.8) is 0 Å². The Bertz CT molecular complexity index is 1380. The number of carbonyl (C=O) groups excluding carboxylic acids is 2. The molecule has 41 heavy (non-hydrogen) atoms. The van der Waals surface area contributed by atoms with E-state index in [1.807, 2.05) is 47.2 Å². The van der Waals surface area contributed by atoms with E-state index in [-0.39, 0.29) is 23.9 Å². The first-order valence-electron chi connectivity index (χ1n) is 14.7. The number of amides is 2. The van der Waals surface area contributed by atoms with E-state index in [0.717, 1.165) is 48.1 Å². The third kappa shape index (κ3) is 7.25. The Kier molecular flexibility index (Phi) is 9.20. The largest absolute Gasteiger partial charge is 0.494 e. The molecule has 0 aromatic heterocycles. The molecule has 0 spiro atoms. The van der Waals surface area contributed by atoms with Gasteiger partial charge in [0.2, 0.25) is 5.91 Å². The second-order valence-electron chi connectivity index (χ2n) is 11.4. The quantitative estimate of drug-likeness (QED) is 0.358. The molecule has 214 valence electrons. The average Bonchev–Trinajstić information content (AvgIpc) is 2.98. The zero-order valence-corrected chi connectivity index (χ0v) is 24.4. The van der Waals surface area contributed by atoms with E-state index in [1.54, 1.807) is 6.92 Å². The lowest BCUT2D eigenvalue weighted by molar-refractivity contribution is -0.132. The molecule has 6 heteroatoms. The normalized spacial score (nSPS) is 18.3. The van der Waals surface area contributed by atoms with Gasteiger partial charge in [0.05, 0.1) is 12.6 Å². The lowest BCUT2D eigenvalue weighted by Crippen LogP contribution is -2.61. The molecule has 2 unspecified atom stereocenters. The number of carbonyl (C=O) groups is 2. The van der Waals surface area contributed by atoms with Gasteiger partial charge in [-0.25, -0.2) is 0 Å². The van der Waals surface area contributed by atoms with E-state index in [2.05, 4.69) is 60.8 Å². The maximum absolute atomic E-state index is 14.0. The van der Waals surface area contributed by atoms with Crippen LogP contribution in [0.1, 0.15) is 42.0 Å². The average molecular weight is 552 g/mol. The number of hydrogen-bond donors (Lipinski definition) is 1. The fourth-order valence-corrected chi connectivity index (χ4v) is 5.92. The van der Waals surface area contributed by atoms with E-state index in [9.17, 15) is 9.59 Å². The number of hydrogen-bond acceptors (Lipinski definition) is 4. The molecule has 2 bridgehead atoms. The van der Waals surface area contributed by atoms with E-state index in [0.29, 0.717) is 26.2 Å². The number of rotatable bonds is 10. The predicted octanol–water partition coefficient (Wildman–Crippen LogP) is 5.05. The Labute approximate surface area is 244 Å². The van der Waals surface area contributed by atoms with Gasteiger partial charge in [-0.15, -0.1) is 0 Å². The van der Waals surface area contributed by atoms with Crippen LogP contribution in [0.5, 0.6) is 5.75 Å². The molecule has 3 aromatic carbocycles. The summed E-state index contributed by atoms with van der Waals surface area (Å²) in [6.45, 7) is 6.17. The minimum absolute atomic E-state index is 0.0367. The molecule has 0 saturated carbocycles. The van der Waals surface area contributed by atoms with E-state index in [1.165, 1.54) is 16.7 Å². The van der Waals surface area contributed by atoms with Gasteiger partial charge in [0, 0.05) is 45.2 Å². The molecule has 0 aliphatic carbocycles. The van der Waals surface area contributed by atoms with Crippen molar-refractivity contribution in [2.75, 3.05) is 33.3 Å². The van der Waals surface area contributed by atoms with Crippen LogP contribution >= 0.6 is 0 Å². The van der Waals surface area contributed by atoms with Gasteiger partial charge in [0.1, 0.15) is 5.75 Å². The Hall–Kier alpha value is -3.90. The summed E-state index contributed by atoms with van der Waals surface area (Å²) in [6.07, 6.45) is 3.38. The van der Waals surface area contributed by atoms with Crippen molar-refractivity contribution in [2.45, 2.75) is 51.6 Å². The third-order valence-electron chi connectivity index (χ3n) is 8.18. The molecule has 2 aliphatic heterocycles. The van der Waals surface area contributed by atoms with Gasteiger partial charge in [0.15, 0.2) is 0 Å². The molecule has 2 aliphatic rings. The minimum atomic E-state index is -0.175. The summed E-state index contributed by atoms with van der Waals surface area (Å²) in [5, 5.41) is 3.65. The van der Waals surface area contributed by atoms with Crippen molar-refractivity contribution in [1.29, 1.82) is 0 Å². The van der Waals surface area contributed by atoms with E-state index >= 15 is 0 Å². The third-order valence-corrected chi connectivity index (χ3v) is 8.18. The van der Waals surface area contributed by atoms with Crippen molar-refractivity contribution in [1.82, 2.24) is 15.1 Å². The molecule has 1 fully saturated rings. The first kappa shape index (κ1) is 28.6. The Balaban J connectivity index is 1.30. The lowest BCUT2D eigenvalue weighted by Gasteiger charge is -2.44. The molecule has 1 saturated heterocycles. The van der Waals surface area contributed by atoms with Crippen molar-refractivity contribution in [3.05, 3.63) is 107 Å². The number of aryl methyl sites for hydroxylation is 2. The van der Waals surface area contributed by atoms with Crippen molar-refractivity contribution in [3.8, 4) is 5.75 Å². The van der Waals surface area contributed by atoms with Crippen LogP contribution in [0, 0.1) is 6.92 Å². The highest BCUT2D eigenvalue weighted by molar-refractivity contribution is 6.03. The summed E-state index contributed by atoms with van der Waals surface area (Å²) in [5.41, 5.74) is 6.66. The van der Waals surface area contributed by atoms with Crippen LogP contribution in [0.15, 0.2) is 84.4 Å². The number of nitrogens with zero attached hydrogens (tertiary/aromatic N) is 2. The second-order valence-corrected chi connectivity index (χ2v) is 11.4. The second kappa shape index (κ2) is 13.2. The van der Waals surface area contributed by atoms with Gasteiger partial charge in [-0.1, -0.05) is 66.7 Å². The van der Waals surface area contributed by atoms with Crippen molar-refractivity contribution >= 4 is 17.4 Å². The number of fused-ring (bicyclic) bond motifs is 2. The number of benzene rings is 3. The highest BCUT2D eigenvalue weighted by Crippen LogP contribution is 2.34. The van der Waals surface area contributed by atoms with Crippen LogP contribution in [0.2, 0.25) is 0 Å². The van der Waals surface area contributed by atoms with Crippen molar-refractivity contribution in [2.24, 2.45) is 0 Å². The van der Waals surface area contributed by atoms with Gasteiger partial charge >= 0.3 is 0 Å². The van der Waals surface area contributed by atoms with Gasteiger partial charge in [-0.3, -0.25) is 9.59 Å². The molecule has 2 atom stereocenters. The van der Waals surface area contributed by atoms with Crippen LogP contribution in [0.3, 0.4) is 0 Å². The monoisotopic (exact) mass is 551 g/mol. The maximum atomic E-state index is 14.0. The summed E-state index contributed by atoms with van der Waals surface area (Å²) in [6, 6.07) is 27.0. The minimum Gasteiger partial charge on any atom is -0.494 e.